The molecule has 0 bridgehead atoms. The van der Waals surface area contributed by atoms with E-state index < -0.39 is 0 Å². The molecule has 0 aromatic heterocycles. The maximum Gasteiger partial charge on any atom is 0.161 e. The molecule has 0 heterocycles. The Bertz CT molecular complexity index is 369. The molecule has 102 valence electrons. The second kappa shape index (κ2) is 7.03. The first-order chi connectivity index (χ1) is 8.46. The molecule has 0 saturated heterocycles. The minimum atomic E-state index is 0.293. The second-order valence-corrected chi connectivity index (χ2v) is 6.07. The summed E-state index contributed by atoms with van der Waals surface area (Å²) in [4.78, 5) is 0. The van der Waals surface area contributed by atoms with E-state index in [4.69, 9.17) is 9.47 Å². The summed E-state index contributed by atoms with van der Waals surface area (Å²) in [5, 5.41) is 0.829. The summed E-state index contributed by atoms with van der Waals surface area (Å²) in [6.07, 6.45) is 1.03. The molecular formula is C15H23BrO2. The number of rotatable bonds is 6. The van der Waals surface area contributed by atoms with Crippen LogP contribution in [0.15, 0.2) is 18.2 Å². The highest BCUT2D eigenvalue weighted by Crippen LogP contribution is 2.30. The predicted octanol–water partition coefficient (Wildman–Crippen LogP) is 4.80. The molecule has 0 fully saturated rings. The van der Waals surface area contributed by atoms with Crippen LogP contribution in [-0.4, -0.2) is 13.2 Å². The molecule has 1 aromatic carbocycles. The van der Waals surface area contributed by atoms with E-state index in [9.17, 15) is 0 Å². The largest absolute Gasteiger partial charge is 0.490 e. The van der Waals surface area contributed by atoms with Gasteiger partial charge in [-0.3, -0.25) is 0 Å². The minimum Gasteiger partial charge on any atom is -0.490 e. The number of ether oxygens (including phenoxy) is 2. The molecule has 0 spiro atoms. The molecule has 0 N–H and O–H groups in total. The van der Waals surface area contributed by atoms with Gasteiger partial charge in [-0.05, 0) is 36.5 Å². The Morgan fingerprint density at radius 1 is 1.11 bits per heavy atom. The summed E-state index contributed by atoms with van der Waals surface area (Å²) in [5.74, 6) is 1.68. The van der Waals surface area contributed by atoms with Crippen LogP contribution >= 0.6 is 15.9 Å². The maximum atomic E-state index is 5.82. The monoisotopic (exact) mass is 314 g/mol. The summed E-state index contributed by atoms with van der Waals surface area (Å²) >= 11 is 3.45. The van der Waals surface area contributed by atoms with Crippen molar-refractivity contribution < 1.29 is 9.47 Å². The van der Waals surface area contributed by atoms with E-state index in [0.29, 0.717) is 12.0 Å². The van der Waals surface area contributed by atoms with Crippen LogP contribution in [0.2, 0.25) is 0 Å². The molecule has 0 unspecified atom stereocenters. The average Bonchev–Trinajstić information content (AvgIpc) is 2.29. The van der Waals surface area contributed by atoms with Crippen LogP contribution < -0.4 is 9.47 Å². The SMILES string of the molecule is CCOc1cc(CBr)ccc1OCCC(C)(C)C. The van der Waals surface area contributed by atoms with Crippen molar-refractivity contribution in [2.45, 2.75) is 39.4 Å². The fourth-order valence-electron chi connectivity index (χ4n) is 1.49. The summed E-state index contributed by atoms with van der Waals surface area (Å²) in [6, 6.07) is 6.08. The van der Waals surface area contributed by atoms with Gasteiger partial charge in [0.25, 0.3) is 0 Å². The number of halogens is 1. The molecule has 3 heteroatoms. The highest BCUT2D eigenvalue weighted by Gasteiger charge is 2.11. The van der Waals surface area contributed by atoms with Crippen LogP contribution in [0.5, 0.6) is 11.5 Å². The van der Waals surface area contributed by atoms with Crippen LogP contribution in [-0.2, 0) is 5.33 Å². The van der Waals surface area contributed by atoms with E-state index in [-0.39, 0.29) is 0 Å². The van der Waals surface area contributed by atoms with Gasteiger partial charge in [-0.15, -0.1) is 0 Å². The zero-order valence-electron chi connectivity index (χ0n) is 11.8. The zero-order chi connectivity index (χ0) is 13.6. The number of benzene rings is 1. The first-order valence-corrected chi connectivity index (χ1v) is 7.53. The van der Waals surface area contributed by atoms with Crippen LogP contribution in [0, 0.1) is 5.41 Å². The summed E-state index contributed by atoms with van der Waals surface area (Å²) in [7, 11) is 0. The third kappa shape index (κ3) is 5.30. The van der Waals surface area contributed by atoms with Crippen molar-refractivity contribution in [3.05, 3.63) is 23.8 Å². The van der Waals surface area contributed by atoms with E-state index in [1.165, 1.54) is 5.56 Å². The van der Waals surface area contributed by atoms with Crippen molar-refractivity contribution in [2.75, 3.05) is 13.2 Å². The van der Waals surface area contributed by atoms with Crippen molar-refractivity contribution in [3.8, 4) is 11.5 Å². The smallest absolute Gasteiger partial charge is 0.161 e. The first kappa shape index (κ1) is 15.4. The van der Waals surface area contributed by atoms with E-state index >= 15 is 0 Å². The standard InChI is InChI=1S/C15H23BrO2/c1-5-17-14-10-12(11-16)6-7-13(14)18-9-8-15(2,3)4/h6-7,10H,5,8-9,11H2,1-4H3. The van der Waals surface area contributed by atoms with Gasteiger partial charge >= 0.3 is 0 Å². The average molecular weight is 315 g/mol. The Balaban J connectivity index is 2.68. The van der Waals surface area contributed by atoms with E-state index in [1.54, 1.807) is 0 Å². The van der Waals surface area contributed by atoms with Gasteiger partial charge in [-0.25, -0.2) is 0 Å². The van der Waals surface area contributed by atoms with Crippen molar-refractivity contribution >= 4 is 15.9 Å². The van der Waals surface area contributed by atoms with Gasteiger partial charge in [-0.1, -0.05) is 42.8 Å². The van der Waals surface area contributed by atoms with Gasteiger partial charge in [0, 0.05) is 5.33 Å². The van der Waals surface area contributed by atoms with Crippen molar-refractivity contribution in [1.82, 2.24) is 0 Å². The lowest BCUT2D eigenvalue weighted by molar-refractivity contribution is 0.229. The molecule has 0 aliphatic heterocycles. The van der Waals surface area contributed by atoms with Crippen LogP contribution in [0.4, 0.5) is 0 Å². The van der Waals surface area contributed by atoms with E-state index in [1.807, 2.05) is 19.1 Å². The van der Waals surface area contributed by atoms with Gasteiger partial charge in [-0.2, -0.15) is 0 Å². The van der Waals surface area contributed by atoms with Crippen molar-refractivity contribution in [3.63, 3.8) is 0 Å². The second-order valence-electron chi connectivity index (χ2n) is 5.51. The summed E-state index contributed by atoms with van der Waals surface area (Å²) < 4.78 is 11.4. The lowest BCUT2D eigenvalue weighted by Crippen LogP contribution is -2.11. The molecule has 0 radical (unpaired) electrons. The van der Waals surface area contributed by atoms with Crippen molar-refractivity contribution in [1.29, 1.82) is 0 Å². The van der Waals surface area contributed by atoms with Crippen LogP contribution in [0.3, 0.4) is 0 Å². The van der Waals surface area contributed by atoms with Gasteiger partial charge in [0.15, 0.2) is 11.5 Å². The highest BCUT2D eigenvalue weighted by molar-refractivity contribution is 9.08. The van der Waals surface area contributed by atoms with E-state index in [0.717, 1.165) is 29.9 Å². The summed E-state index contributed by atoms with van der Waals surface area (Å²) in [6.45, 7) is 10.0. The fraction of sp³-hybridized carbons (Fsp3) is 0.600. The molecule has 1 rings (SSSR count). The normalized spacial score (nSPS) is 11.4. The van der Waals surface area contributed by atoms with Crippen molar-refractivity contribution in [2.24, 2.45) is 5.41 Å². The lowest BCUT2D eigenvalue weighted by Gasteiger charge is -2.19. The van der Waals surface area contributed by atoms with Crippen LogP contribution in [0.1, 0.15) is 39.7 Å². The fourth-order valence-corrected chi connectivity index (χ4v) is 1.84. The minimum absolute atomic E-state index is 0.293. The van der Waals surface area contributed by atoms with Gasteiger partial charge < -0.3 is 9.47 Å². The maximum absolute atomic E-state index is 5.82. The Labute approximate surface area is 119 Å². The Hall–Kier alpha value is -0.700. The lowest BCUT2D eigenvalue weighted by atomic mass is 9.93. The number of hydrogen-bond acceptors (Lipinski definition) is 2. The van der Waals surface area contributed by atoms with Crippen LogP contribution in [0.25, 0.3) is 0 Å². The van der Waals surface area contributed by atoms with Gasteiger partial charge in [0.1, 0.15) is 0 Å². The zero-order valence-corrected chi connectivity index (χ0v) is 13.3. The summed E-state index contributed by atoms with van der Waals surface area (Å²) in [5.41, 5.74) is 1.49. The van der Waals surface area contributed by atoms with E-state index in [2.05, 4.69) is 42.8 Å². The third-order valence-corrected chi connectivity index (χ3v) is 3.22. The number of alkyl halides is 1. The molecule has 18 heavy (non-hydrogen) atoms. The Morgan fingerprint density at radius 3 is 2.39 bits per heavy atom. The molecule has 0 saturated carbocycles. The molecule has 0 amide bonds. The predicted molar refractivity (Wildman–Crippen MR) is 79.8 cm³/mol. The highest BCUT2D eigenvalue weighted by atomic mass is 79.9. The number of hydrogen-bond donors (Lipinski definition) is 0. The first-order valence-electron chi connectivity index (χ1n) is 6.41. The topological polar surface area (TPSA) is 18.5 Å². The quantitative estimate of drug-likeness (QED) is 0.702. The van der Waals surface area contributed by atoms with Gasteiger partial charge in [0.05, 0.1) is 13.2 Å². The Kier molecular flexibility index (Phi) is 6.00. The Morgan fingerprint density at radius 2 is 1.83 bits per heavy atom. The molecule has 1 aromatic rings. The molecule has 2 nitrogen and oxygen atoms in total. The molecule has 0 aliphatic rings. The molecular weight excluding hydrogens is 292 g/mol. The molecule has 0 aliphatic carbocycles. The van der Waals surface area contributed by atoms with Gasteiger partial charge in [0.2, 0.25) is 0 Å². The third-order valence-electron chi connectivity index (χ3n) is 2.57. The molecule has 0 atom stereocenters.